The van der Waals surface area contributed by atoms with Gasteiger partial charge in [-0.1, -0.05) is 19.8 Å². The molecule has 142 valence electrons. The Labute approximate surface area is 149 Å². The normalized spacial score (nSPS) is 27.5. The van der Waals surface area contributed by atoms with Gasteiger partial charge in [-0.25, -0.2) is 0 Å². The molecule has 7 heteroatoms. The lowest BCUT2D eigenvalue weighted by atomic mass is 9.97. The molecular weight excluding hydrogens is 324 g/mol. The number of carboxylic acid groups (broad SMARTS) is 1. The second kappa shape index (κ2) is 9.17. The van der Waals surface area contributed by atoms with Crippen LogP contribution < -0.4 is 5.32 Å². The summed E-state index contributed by atoms with van der Waals surface area (Å²) in [5, 5.41) is 12.4. The van der Waals surface area contributed by atoms with Gasteiger partial charge in [0.2, 0.25) is 5.91 Å². The number of rotatable bonds is 8. The first-order valence-electron chi connectivity index (χ1n) is 9.42. The molecule has 1 aliphatic heterocycles. The summed E-state index contributed by atoms with van der Waals surface area (Å²) in [5.41, 5.74) is 0. The van der Waals surface area contributed by atoms with Crippen molar-refractivity contribution >= 4 is 17.8 Å². The number of fused-ring (bicyclic) bond motifs is 1. The van der Waals surface area contributed by atoms with E-state index in [-0.39, 0.29) is 24.5 Å². The average Bonchev–Trinajstić information content (AvgIpc) is 2.99. The van der Waals surface area contributed by atoms with Crippen molar-refractivity contribution in [1.82, 2.24) is 10.2 Å². The first kappa shape index (κ1) is 19.7. The second-order valence-electron chi connectivity index (χ2n) is 7.01. The van der Waals surface area contributed by atoms with Crippen LogP contribution in [0.4, 0.5) is 0 Å². The van der Waals surface area contributed by atoms with E-state index in [2.05, 4.69) is 5.32 Å². The third-order valence-electron chi connectivity index (χ3n) is 5.28. The Morgan fingerprint density at radius 1 is 1.28 bits per heavy atom. The van der Waals surface area contributed by atoms with Gasteiger partial charge in [-0.2, -0.15) is 0 Å². The van der Waals surface area contributed by atoms with Crippen LogP contribution in [0.3, 0.4) is 0 Å². The number of carbonyl (C=O) groups is 3. The van der Waals surface area contributed by atoms with Gasteiger partial charge in [-0.3, -0.25) is 19.7 Å². The predicted octanol–water partition coefficient (Wildman–Crippen LogP) is 1.55. The molecule has 0 spiro atoms. The SMILES string of the molecule is CCC[C@H](N[C@H]1CCC2CCC[C@H]2N(CC(=O)O)C1=O)C(=O)OCC. The van der Waals surface area contributed by atoms with Gasteiger partial charge in [-0.05, 0) is 44.9 Å². The van der Waals surface area contributed by atoms with Gasteiger partial charge in [0, 0.05) is 6.04 Å². The van der Waals surface area contributed by atoms with Gasteiger partial charge in [0.15, 0.2) is 0 Å². The average molecular weight is 354 g/mol. The molecule has 1 unspecified atom stereocenters. The van der Waals surface area contributed by atoms with Crippen LogP contribution in [0.2, 0.25) is 0 Å². The minimum absolute atomic E-state index is 0.0163. The molecule has 0 aromatic carbocycles. The van der Waals surface area contributed by atoms with Gasteiger partial charge in [0.05, 0.1) is 12.6 Å². The highest BCUT2D eigenvalue weighted by atomic mass is 16.5. The molecule has 2 aliphatic rings. The molecule has 0 aromatic heterocycles. The van der Waals surface area contributed by atoms with Crippen molar-refractivity contribution in [3.05, 3.63) is 0 Å². The topological polar surface area (TPSA) is 95.9 Å². The second-order valence-corrected chi connectivity index (χ2v) is 7.01. The number of ether oxygens (including phenoxy) is 1. The lowest BCUT2D eigenvalue weighted by Crippen LogP contribution is -2.54. The molecule has 4 atom stereocenters. The zero-order valence-corrected chi connectivity index (χ0v) is 15.2. The van der Waals surface area contributed by atoms with E-state index in [9.17, 15) is 19.5 Å². The van der Waals surface area contributed by atoms with Crippen molar-refractivity contribution in [1.29, 1.82) is 0 Å². The maximum Gasteiger partial charge on any atom is 0.323 e. The van der Waals surface area contributed by atoms with Crippen LogP contribution in [0, 0.1) is 5.92 Å². The van der Waals surface area contributed by atoms with Crippen LogP contribution in [-0.2, 0) is 19.1 Å². The highest BCUT2D eigenvalue weighted by Gasteiger charge is 2.42. The summed E-state index contributed by atoms with van der Waals surface area (Å²) < 4.78 is 5.11. The van der Waals surface area contributed by atoms with Crippen molar-refractivity contribution in [3.8, 4) is 0 Å². The molecule has 1 saturated carbocycles. The van der Waals surface area contributed by atoms with E-state index in [1.165, 1.54) is 4.90 Å². The van der Waals surface area contributed by atoms with Crippen molar-refractivity contribution in [2.24, 2.45) is 5.92 Å². The predicted molar refractivity (Wildman–Crippen MR) is 92.0 cm³/mol. The summed E-state index contributed by atoms with van der Waals surface area (Å²) in [6.07, 6.45) is 5.85. The fraction of sp³-hybridized carbons (Fsp3) is 0.833. The Morgan fingerprint density at radius 3 is 2.68 bits per heavy atom. The summed E-state index contributed by atoms with van der Waals surface area (Å²) in [6.45, 7) is 3.77. The molecule has 2 N–H and O–H groups in total. The Bertz CT molecular complexity index is 496. The van der Waals surface area contributed by atoms with E-state index in [1.807, 2.05) is 6.92 Å². The minimum Gasteiger partial charge on any atom is -0.480 e. The zero-order valence-electron chi connectivity index (χ0n) is 15.2. The molecule has 0 radical (unpaired) electrons. The number of likely N-dealkylation sites (tertiary alicyclic amines) is 1. The molecule has 1 saturated heterocycles. The Balaban J connectivity index is 2.14. The molecule has 2 fully saturated rings. The summed E-state index contributed by atoms with van der Waals surface area (Å²) >= 11 is 0. The van der Waals surface area contributed by atoms with Gasteiger partial charge in [-0.15, -0.1) is 0 Å². The number of nitrogens with zero attached hydrogens (tertiary/aromatic N) is 1. The van der Waals surface area contributed by atoms with E-state index in [4.69, 9.17) is 4.74 Å². The molecule has 1 aliphatic carbocycles. The third-order valence-corrected chi connectivity index (χ3v) is 5.28. The van der Waals surface area contributed by atoms with Crippen LogP contribution in [0.25, 0.3) is 0 Å². The van der Waals surface area contributed by atoms with Crippen molar-refractivity contribution in [3.63, 3.8) is 0 Å². The van der Waals surface area contributed by atoms with Crippen molar-refractivity contribution < 1.29 is 24.2 Å². The largest absolute Gasteiger partial charge is 0.480 e. The highest BCUT2D eigenvalue weighted by molar-refractivity contribution is 5.87. The summed E-state index contributed by atoms with van der Waals surface area (Å²) in [5.74, 6) is -1.16. The van der Waals surface area contributed by atoms with E-state index >= 15 is 0 Å². The van der Waals surface area contributed by atoms with Crippen LogP contribution in [-0.4, -0.2) is 59.1 Å². The number of nitrogens with one attached hydrogen (secondary N) is 1. The van der Waals surface area contributed by atoms with E-state index < -0.39 is 18.1 Å². The van der Waals surface area contributed by atoms with Gasteiger partial charge >= 0.3 is 11.9 Å². The maximum absolute atomic E-state index is 13.0. The van der Waals surface area contributed by atoms with Crippen LogP contribution >= 0.6 is 0 Å². The smallest absolute Gasteiger partial charge is 0.323 e. The summed E-state index contributed by atoms with van der Waals surface area (Å²) in [4.78, 5) is 37.9. The standard InChI is InChI=1S/C18H30N2O5/c1-3-6-14(18(24)25-4-2)19-13-10-9-12-7-5-8-15(12)20(17(13)23)11-16(21)22/h12-15,19H,3-11H2,1-2H3,(H,21,22)/t12?,13-,14-,15+/m0/s1. The van der Waals surface area contributed by atoms with Crippen LogP contribution in [0.15, 0.2) is 0 Å². The number of hydrogen-bond donors (Lipinski definition) is 2. The zero-order chi connectivity index (χ0) is 18.4. The Hall–Kier alpha value is -1.63. The maximum atomic E-state index is 13.0. The molecule has 7 nitrogen and oxygen atoms in total. The number of hydrogen-bond acceptors (Lipinski definition) is 5. The van der Waals surface area contributed by atoms with E-state index in [0.717, 1.165) is 32.1 Å². The van der Waals surface area contributed by atoms with Gasteiger partial charge < -0.3 is 14.7 Å². The van der Waals surface area contributed by atoms with Gasteiger partial charge in [0.25, 0.3) is 0 Å². The van der Waals surface area contributed by atoms with Crippen molar-refractivity contribution in [2.45, 2.75) is 76.9 Å². The molecule has 2 rings (SSSR count). The monoisotopic (exact) mass is 354 g/mol. The van der Waals surface area contributed by atoms with Crippen molar-refractivity contribution in [2.75, 3.05) is 13.2 Å². The third kappa shape index (κ3) is 4.93. The lowest BCUT2D eigenvalue weighted by molar-refractivity contribution is -0.149. The molecule has 1 heterocycles. The lowest BCUT2D eigenvalue weighted by Gasteiger charge is -2.31. The minimum atomic E-state index is -0.991. The fourth-order valence-electron chi connectivity index (χ4n) is 4.17. The molecule has 1 amide bonds. The summed E-state index contributed by atoms with van der Waals surface area (Å²) in [6, 6.07) is -1.03. The number of carboxylic acids is 1. The number of carbonyl (C=O) groups excluding carboxylic acids is 2. The summed E-state index contributed by atoms with van der Waals surface area (Å²) in [7, 11) is 0. The molecule has 0 aromatic rings. The molecule has 0 bridgehead atoms. The van der Waals surface area contributed by atoms with E-state index in [0.29, 0.717) is 25.4 Å². The molecule has 25 heavy (non-hydrogen) atoms. The molecular formula is C18H30N2O5. The van der Waals surface area contributed by atoms with E-state index in [1.54, 1.807) is 6.92 Å². The first-order chi connectivity index (χ1) is 12.0. The highest BCUT2D eigenvalue weighted by Crippen LogP contribution is 2.36. The van der Waals surface area contributed by atoms with Crippen LogP contribution in [0.1, 0.15) is 58.8 Å². The number of esters is 1. The fourth-order valence-corrected chi connectivity index (χ4v) is 4.17. The first-order valence-corrected chi connectivity index (χ1v) is 9.42. The van der Waals surface area contributed by atoms with Gasteiger partial charge in [0.1, 0.15) is 12.6 Å². The number of aliphatic carboxylic acids is 1. The Morgan fingerprint density at radius 2 is 2.04 bits per heavy atom. The Kier molecular flexibility index (Phi) is 7.23. The quantitative estimate of drug-likeness (QED) is 0.642. The van der Waals surface area contributed by atoms with Crippen LogP contribution in [0.5, 0.6) is 0 Å². The number of amides is 1.